The summed E-state index contributed by atoms with van der Waals surface area (Å²) in [4.78, 5) is 30.7. The van der Waals surface area contributed by atoms with Gasteiger partial charge in [0.15, 0.2) is 0 Å². The van der Waals surface area contributed by atoms with Gasteiger partial charge in [0.25, 0.3) is 5.91 Å². The summed E-state index contributed by atoms with van der Waals surface area (Å²) in [5.74, 6) is 0.459. The number of benzene rings is 1. The predicted molar refractivity (Wildman–Crippen MR) is 107 cm³/mol. The lowest BCUT2D eigenvalue weighted by molar-refractivity contribution is -0.140. The summed E-state index contributed by atoms with van der Waals surface area (Å²) in [5.41, 5.74) is 2.36. The molecule has 152 valence electrons. The quantitative estimate of drug-likeness (QED) is 0.680. The van der Waals surface area contributed by atoms with E-state index in [-0.39, 0.29) is 24.8 Å². The number of amides is 1. The van der Waals surface area contributed by atoms with Crippen molar-refractivity contribution in [2.45, 2.75) is 25.8 Å². The van der Waals surface area contributed by atoms with Crippen LogP contribution in [-0.4, -0.2) is 72.2 Å². The first-order valence-electron chi connectivity index (χ1n) is 9.74. The van der Waals surface area contributed by atoms with Crippen LogP contribution >= 0.6 is 0 Å². The minimum Gasteiger partial charge on any atom is -0.469 e. The second kappa shape index (κ2) is 9.16. The van der Waals surface area contributed by atoms with Gasteiger partial charge in [0, 0.05) is 57.8 Å². The van der Waals surface area contributed by atoms with E-state index in [0.717, 1.165) is 49.5 Å². The van der Waals surface area contributed by atoms with Crippen LogP contribution in [0, 0.1) is 0 Å². The van der Waals surface area contributed by atoms with Crippen LogP contribution in [0.4, 0.5) is 0 Å². The number of esters is 1. The van der Waals surface area contributed by atoms with Gasteiger partial charge in [0.1, 0.15) is 5.82 Å². The lowest BCUT2D eigenvalue weighted by Gasteiger charge is -2.33. The van der Waals surface area contributed by atoms with Gasteiger partial charge in [-0.15, -0.1) is 0 Å². The lowest BCUT2D eigenvalue weighted by Crippen LogP contribution is -2.50. The SMILES string of the molecule is COC(=O)CCNC(=O)c1ccc2c(c1)nc(CCN1CCNCC1C)n2C. The van der Waals surface area contributed by atoms with Crippen LogP contribution in [0.2, 0.25) is 0 Å². The number of aryl methyl sites for hydroxylation is 1. The Hall–Kier alpha value is -2.45. The number of hydrogen-bond donors (Lipinski definition) is 2. The Morgan fingerprint density at radius 2 is 2.21 bits per heavy atom. The second-order valence-electron chi connectivity index (χ2n) is 7.21. The third-order valence-electron chi connectivity index (χ3n) is 5.34. The number of imidazole rings is 1. The summed E-state index contributed by atoms with van der Waals surface area (Å²) in [5, 5.41) is 6.15. The molecule has 1 aromatic carbocycles. The molecule has 1 saturated heterocycles. The van der Waals surface area contributed by atoms with Crippen molar-refractivity contribution in [3.05, 3.63) is 29.6 Å². The number of rotatable bonds is 7. The minimum absolute atomic E-state index is 0.155. The summed E-state index contributed by atoms with van der Waals surface area (Å²) in [7, 11) is 3.35. The highest BCUT2D eigenvalue weighted by atomic mass is 16.5. The summed E-state index contributed by atoms with van der Waals surface area (Å²) >= 11 is 0. The molecule has 0 bridgehead atoms. The molecule has 1 amide bonds. The first-order chi connectivity index (χ1) is 13.5. The number of methoxy groups -OCH3 is 1. The third-order valence-corrected chi connectivity index (χ3v) is 5.34. The molecule has 3 rings (SSSR count). The summed E-state index contributed by atoms with van der Waals surface area (Å²) in [6.07, 6.45) is 1.03. The molecular formula is C20H29N5O3. The fourth-order valence-corrected chi connectivity index (χ4v) is 3.56. The first kappa shape index (κ1) is 20.3. The molecule has 1 atom stereocenters. The second-order valence-corrected chi connectivity index (χ2v) is 7.21. The van der Waals surface area contributed by atoms with E-state index in [4.69, 9.17) is 4.98 Å². The molecular weight excluding hydrogens is 358 g/mol. The van der Waals surface area contributed by atoms with Crippen molar-refractivity contribution < 1.29 is 14.3 Å². The number of ether oxygens (including phenoxy) is 1. The molecule has 2 heterocycles. The number of carbonyl (C=O) groups is 2. The van der Waals surface area contributed by atoms with Gasteiger partial charge in [-0.25, -0.2) is 4.98 Å². The topological polar surface area (TPSA) is 88.5 Å². The largest absolute Gasteiger partial charge is 0.469 e. The van der Waals surface area contributed by atoms with Gasteiger partial charge in [-0.05, 0) is 25.1 Å². The monoisotopic (exact) mass is 387 g/mol. The van der Waals surface area contributed by atoms with E-state index >= 15 is 0 Å². The van der Waals surface area contributed by atoms with E-state index in [1.165, 1.54) is 7.11 Å². The minimum atomic E-state index is -0.344. The zero-order valence-corrected chi connectivity index (χ0v) is 16.8. The number of nitrogens with one attached hydrogen (secondary N) is 2. The molecule has 28 heavy (non-hydrogen) atoms. The van der Waals surface area contributed by atoms with Gasteiger partial charge in [-0.3, -0.25) is 14.5 Å². The van der Waals surface area contributed by atoms with Crippen molar-refractivity contribution in [2.75, 3.05) is 39.8 Å². The van der Waals surface area contributed by atoms with Gasteiger partial charge < -0.3 is 19.9 Å². The summed E-state index contributed by atoms with van der Waals surface area (Å²) in [6, 6.07) is 6.05. The molecule has 0 saturated carbocycles. The van der Waals surface area contributed by atoms with Crippen molar-refractivity contribution >= 4 is 22.9 Å². The molecule has 1 aromatic heterocycles. The lowest BCUT2D eigenvalue weighted by atomic mass is 10.2. The number of carbonyl (C=O) groups excluding carboxylic acids is 2. The van der Waals surface area contributed by atoms with E-state index in [0.29, 0.717) is 11.6 Å². The summed E-state index contributed by atoms with van der Waals surface area (Å²) < 4.78 is 6.67. The number of piperazine rings is 1. The molecule has 2 aromatic rings. The van der Waals surface area contributed by atoms with E-state index < -0.39 is 0 Å². The molecule has 0 aliphatic carbocycles. The number of fused-ring (bicyclic) bond motifs is 1. The normalized spacial score (nSPS) is 17.6. The molecule has 8 nitrogen and oxygen atoms in total. The van der Waals surface area contributed by atoms with E-state index in [2.05, 4.69) is 31.8 Å². The Labute approximate surface area is 165 Å². The highest BCUT2D eigenvalue weighted by Crippen LogP contribution is 2.18. The molecule has 1 unspecified atom stereocenters. The van der Waals surface area contributed by atoms with Crippen molar-refractivity contribution in [1.82, 2.24) is 25.1 Å². The van der Waals surface area contributed by atoms with Gasteiger partial charge >= 0.3 is 5.97 Å². The molecule has 0 radical (unpaired) electrons. The smallest absolute Gasteiger partial charge is 0.307 e. The average Bonchev–Trinajstić information content (AvgIpc) is 3.02. The maximum Gasteiger partial charge on any atom is 0.307 e. The van der Waals surface area contributed by atoms with E-state index in [1.807, 2.05) is 13.1 Å². The average molecular weight is 387 g/mol. The van der Waals surface area contributed by atoms with Crippen LogP contribution in [0.5, 0.6) is 0 Å². The van der Waals surface area contributed by atoms with Crippen LogP contribution in [0.25, 0.3) is 11.0 Å². The Morgan fingerprint density at radius 1 is 1.39 bits per heavy atom. The fourth-order valence-electron chi connectivity index (χ4n) is 3.56. The van der Waals surface area contributed by atoms with Crippen LogP contribution in [0.1, 0.15) is 29.5 Å². The van der Waals surface area contributed by atoms with Crippen molar-refractivity contribution in [2.24, 2.45) is 7.05 Å². The third kappa shape index (κ3) is 4.69. The van der Waals surface area contributed by atoms with Crippen molar-refractivity contribution in [1.29, 1.82) is 0 Å². The van der Waals surface area contributed by atoms with Gasteiger partial charge in [-0.2, -0.15) is 0 Å². The Balaban J connectivity index is 1.65. The van der Waals surface area contributed by atoms with Crippen LogP contribution in [0.15, 0.2) is 18.2 Å². The maximum atomic E-state index is 12.3. The molecule has 0 spiro atoms. The van der Waals surface area contributed by atoms with Gasteiger partial charge in [0.2, 0.25) is 0 Å². The highest BCUT2D eigenvalue weighted by molar-refractivity contribution is 5.97. The maximum absolute atomic E-state index is 12.3. The van der Waals surface area contributed by atoms with Gasteiger partial charge in [-0.1, -0.05) is 0 Å². The summed E-state index contributed by atoms with van der Waals surface area (Å²) in [6.45, 7) is 6.58. The Kier molecular flexibility index (Phi) is 6.64. The fraction of sp³-hybridized carbons (Fsp3) is 0.550. The first-order valence-corrected chi connectivity index (χ1v) is 9.74. The zero-order chi connectivity index (χ0) is 20.1. The molecule has 1 aliphatic rings. The number of aromatic nitrogens is 2. The molecule has 1 fully saturated rings. The van der Waals surface area contributed by atoms with E-state index in [1.54, 1.807) is 12.1 Å². The number of hydrogen-bond acceptors (Lipinski definition) is 6. The van der Waals surface area contributed by atoms with Crippen LogP contribution in [-0.2, 0) is 23.0 Å². The van der Waals surface area contributed by atoms with Gasteiger partial charge in [0.05, 0.1) is 24.6 Å². The molecule has 8 heteroatoms. The highest BCUT2D eigenvalue weighted by Gasteiger charge is 2.19. The Bertz CT molecular complexity index is 848. The number of nitrogens with zero attached hydrogens (tertiary/aromatic N) is 3. The van der Waals surface area contributed by atoms with E-state index in [9.17, 15) is 9.59 Å². The van der Waals surface area contributed by atoms with Crippen molar-refractivity contribution in [3.63, 3.8) is 0 Å². The standard InChI is InChI=1S/C20H29N5O3/c1-14-13-21-9-11-25(14)10-7-18-23-16-12-15(4-5-17(16)24(18)2)20(27)22-8-6-19(26)28-3/h4-5,12,14,21H,6-11,13H2,1-3H3,(H,22,27). The van der Waals surface area contributed by atoms with Crippen molar-refractivity contribution in [3.8, 4) is 0 Å². The van der Waals surface area contributed by atoms with Crippen LogP contribution in [0.3, 0.4) is 0 Å². The molecule has 1 aliphatic heterocycles. The zero-order valence-electron chi connectivity index (χ0n) is 16.8. The Morgan fingerprint density at radius 3 is 2.96 bits per heavy atom. The predicted octanol–water partition coefficient (Wildman–Crippen LogP) is 0.702. The van der Waals surface area contributed by atoms with Crippen LogP contribution < -0.4 is 10.6 Å². The molecule has 2 N–H and O–H groups in total.